The summed E-state index contributed by atoms with van der Waals surface area (Å²) < 4.78 is 7.01. The third-order valence-corrected chi connectivity index (χ3v) is 2.79. The summed E-state index contributed by atoms with van der Waals surface area (Å²) in [4.78, 5) is 16.0. The molecule has 5 heteroatoms. The van der Waals surface area contributed by atoms with Gasteiger partial charge in [0.05, 0.1) is 25.6 Å². The Morgan fingerprint density at radius 3 is 3.07 bits per heavy atom. The summed E-state index contributed by atoms with van der Waals surface area (Å²) >= 11 is 0. The van der Waals surface area contributed by atoms with Gasteiger partial charge in [-0.15, -0.1) is 0 Å². The normalized spacial score (nSPS) is 25.7. The zero-order valence-corrected chi connectivity index (χ0v) is 8.72. The molecular weight excluding hydrogens is 194 g/mol. The monoisotopic (exact) mass is 209 g/mol. The number of ketones is 1. The van der Waals surface area contributed by atoms with Gasteiger partial charge in [0.1, 0.15) is 11.6 Å². The minimum Gasteiger partial charge on any atom is -0.379 e. The second-order valence-electron chi connectivity index (χ2n) is 3.91. The van der Waals surface area contributed by atoms with Gasteiger partial charge in [0.25, 0.3) is 0 Å². The van der Waals surface area contributed by atoms with E-state index in [9.17, 15) is 4.79 Å². The molecule has 1 aromatic heterocycles. The Labute approximate surface area is 88.2 Å². The highest BCUT2D eigenvalue weighted by Gasteiger charge is 2.31. The molecule has 0 aliphatic carbocycles. The molecule has 0 bridgehead atoms. The second kappa shape index (κ2) is 4.12. The molecule has 0 radical (unpaired) electrons. The lowest BCUT2D eigenvalue weighted by molar-refractivity contribution is -0.122. The van der Waals surface area contributed by atoms with Crippen molar-refractivity contribution in [3.8, 4) is 0 Å². The lowest BCUT2D eigenvalue weighted by Crippen LogP contribution is -2.35. The molecule has 2 N–H and O–H groups in total. The van der Waals surface area contributed by atoms with Crippen LogP contribution in [0, 0.1) is 5.92 Å². The summed E-state index contributed by atoms with van der Waals surface area (Å²) in [5.74, 6) is 0.732. The number of rotatable bonds is 3. The van der Waals surface area contributed by atoms with Gasteiger partial charge in [0, 0.05) is 25.5 Å². The first-order valence-electron chi connectivity index (χ1n) is 5.00. The standard InChI is InChI=1S/C10H15N3O2/c1-13-3-2-12-10(13)4-9(14)7-5-15-6-8(7)11/h2-3,7-8H,4-6,11H2,1H3. The first-order chi connectivity index (χ1) is 7.18. The summed E-state index contributed by atoms with van der Waals surface area (Å²) in [6.45, 7) is 0.932. The van der Waals surface area contributed by atoms with Gasteiger partial charge in [-0.2, -0.15) is 0 Å². The quantitative estimate of drug-likeness (QED) is 0.729. The average Bonchev–Trinajstić information content (AvgIpc) is 2.76. The third-order valence-electron chi connectivity index (χ3n) is 2.79. The average molecular weight is 209 g/mol. The fourth-order valence-electron chi connectivity index (χ4n) is 1.76. The van der Waals surface area contributed by atoms with Gasteiger partial charge in [0.15, 0.2) is 0 Å². The van der Waals surface area contributed by atoms with Crippen molar-refractivity contribution in [2.24, 2.45) is 18.7 Å². The maximum Gasteiger partial charge on any atom is 0.147 e. The Bertz CT molecular complexity index is 361. The van der Waals surface area contributed by atoms with Gasteiger partial charge in [-0.25, -0.2) is 4.98 Å². The molecule has 2 rings (SSSR count). The summed E-state index contributed by atoms with van der Waals surface area (Å²) in [6, 6.07) is -0.155. The highest BCUT2D eigenvalue weighted by Crippen LogP contribution is 2.14. The number of aromatic nitrogens is 2. The first-order valence-corrected chi connectivity index (χ1v) is 5.00. The molecule has 0 aromatic carbocycles. The summed E-state index contributed by atoms with van der Waals surface area (Å²) in [5, 5.41) is 0. The van der Waals surface area contributed by atoms with Gasteiger partial charge in [0.2, 0.25) is 0 Å². The van der Waals surface area contributed by atoms with Crippen LogP contribution < -0.4 is 5.73 Å². The molecular formula is C10H15N3O2. The second-order valence-corrected chi connectivity index (χ2v) is 3.91. The van der Waals surface area contributed by atoms with Crippen LogP contribution in [0.2, 0.25) is 0 Å². The molecule has 1 aliphatic rings. The van der Waals surface area contributed by atoms with Crippen molar-refractivity contribution < 1.29 is 9.53 Å². The highest BCUT2D eigenvalue weighted by molar-refractivity contribution is 5.83. The first kappa shape index (κ1) is 10.3. The summed E-state index contributed by atoms with van der Waals surface area (Å²) in [7, 11) is 1.88. The number of carbonyl (C=O) groups is 1. The van der Waals surface area contributed by atoms with Crippen LogP contribution in [0.4, 0.5) is 0 Å². The van der Waals surface area contributed by atoms with E-state index in [0.29, 0.717) is 19.6 Å². The molecule has 82 valence electrons. The molecule has 2 atom stereocenters. The van der Waals surface area contributed by atoms with Crippen LogP contribution in [0.1, 0.15) is 5.82 Å². The van der Waals surface area contributed by atoms with E-state index < -0.39 is 0 Å². The lowest BCUT2D eigenvalue weighted by atomic mass is 9.97. The Hall–Kier alpha value is -1.20. The van der Waals surface area contributed by atoms with Crippen LogP contribution in [0.3, 0.4) is 0 Å². The number of ether oxygens (including phenoxy) is 1. The number of carbonyl (C=O) groups excluding carboxylic acids is 1. The molecule has 1 aliphatic heterocycles. The smallest absolute Gasteiger partial charge is 0.147 e. The fourth-order valence-corrected chi connectivity index (χ4v) is 1.76. The minimum atomic E-state index is -0.165. The van der Waals surface area contributed by atoms with Crippen molar-refractivity contribution >= 4 is 5.78 Å². The van der Waals surface area contributed by atoms with Crippen LogP contribution in [-0.4, -0.2) is 34.6 Å². The SMILES string of the molecule is Cn1ccnc1CC(=O)C1COCC1N. The topological polar surface area (TPSA) is 70.1 Å². The van der Waals surface area contributed by atoms with E-state index in [0.717, 1.165) is 5.82 Å². The van der Waals surface area contributed by atoms with Crippen molar-refractivity contribution in [2.75, 3.05) is 13.2 Å². The Balaban J connectivity index is 2.01. The third kappa shape index (κ3) is 2.08. The van der Waals surface area contributed by atoms with Gasteiger partial charge >= 0.3 is 0 Å². The molecule has 2 unspecified atom stereocenters. The van der Waals surface area contributed by atoms with Gasteiger partial charge in [-0.1, -0.05) is 0 Å². The number of nitrogens with zero attached hydrogens (tertiary/aromatic N) is 2. The number of imidazole rings is 1. The maximum absolute atomic E-state index is 11.9. The molecule has 1 saturated heterocycles. The van der Waals surface area contributed by atoms with Crippen LogP contribution in [0.5, 0.6) is 0 Å². The Kier molecular flexibility index (Phi) is 2.83. The number of Topliss-reactive ketones (excluding diaryl/α,β-unsaturated/α-hetero) is 1. The van der Waals surface area contributed by atoms with E-state index in [-0.39, 0.29) is 17.7 Å². The molecule has 0 amide bonds. The van der Waals surface area contributed by atoms with Crippen molar-refractivity contribution in [1.29, 1.82) is 0 Å². The largest absolute Gasteiger partial charge is 0.379 e. The van der Waals surface area contributed by atoms with E-state index >= 15 is 0 Å². The van der Waals surface area contributed by atoms with Crippen LogP contribution >= 0.6 is 0 Å². The zero-order valence-electron chi connectivity index (χ0n) is 8.72. The van der Waals surface area contributed by atoms with Gasteiger partial charge < -0.3 is 15.0 Å². The van der Waals surface area contributed by atoms with Gasteiger partial charge in [-0.3, -0.25) is 4.79 Å². The zero-order chi connectivity index (χ0) is 10.8. The van der Waals surface area contributed by atoms with Crippen LogP contribution in [-0.2, 0) is 23.0 Å². The number of hydrogen-bond acceptors (Lipinski definition) is 4. The lowest BCUT2D eigenvalue weighted by Gasteiger charge is -2.11. The van der Waals surface area contributed by atoms with Gasteiger partial charge in [-0.05, 0) is 0 Å². The van der Waals surface area contributed by atoms with Crippen molar-refractivity contribution in [2.45, 2.75) is 12.5 Å². The Morgan fingerprint density at radius 2 is 2.53 bits per heavy atom. The molecule has 5 nitrogen and oxygen atoms in total. The maximum atomic E-state index is 11.9. The highest BCUT2D eigenvalue weighted by atomic mass is 16.5. The van der Waals surface area contributed by atoms with E-state index in [2.05, 4.69) is 4.98 Å². The number of aryl methyl sites for hydroxylation is 1. The van der Waals surface area contributed by atoms with Crippen molar-refractivity contribution in [3.05, 3.63) is 18.2 Å². The van der Waals surface area contributed by atoms with Crippen LogP contribution in [0.25, 0.3) is 0 Å². The Morgan fingerprint density at radius 1 is 1.73 bits per heavy atom. The molecule has 15 heavy (non-hydrogen) atoms. The van der Waals surface area contributed by atoms with Crippen LogP contribution in [0.15, 0.2) is 12.4 Å². The molecule has 0 saturated carbocycles. The van der Waals surface area contributed by atoms with E-state index in [1.807, 2.05) is 17.8 Å². The molecule has 2 heterocycles. The molecule has 1 aromatic rings. The fraction of sp³-hybridized carbons (Fsp3) is 0.600. The minimum absolute atomic E-state index is 0.120. The predicted octanol–water partition coefficient (Wildman–Crippen LogP) is -0.495. The van der Waals surface area contributed by atoms with E-state index in [1.54, 1.807) is 6.20 Å². The summed E-state index contributed by atoms with van der Waals surface area (Å²) in [5.41, 5.74) is 5.77. The van der Waals surface area contributed by atoms with E-state index in [1.165, 1.54) is 0 Å². The number of nitrogens with two attached hydrogens (primary N) is 1. The molecule has 0 spiro atoms. The van der Waals surface area contributed by atoms with Crippen molar-refractivity contribution in [3.63, 3.8) is 0 Å². The summed E-state index contributed by atoms with van der Waals surface area (Å²) in [6.07, 6.45) is 3.85. The van der Waals surface area contributed by atoms with Crippen molar-refractivity contribution in [1.82, 2.24) is 9.55 Å². The number of hydrogen-bond donors (Lipinski definition) is 1. The molecule has 1 fully saturated rings. The predicted molar refractivity (Wildman–Crippen MR) is 54.2 cm³/mol. The van der Waals surface area contributed by atoms with E-state index in [4.69, 9.17) is 10.5 Å².